The molecular weight excluding hydrogens is 270 g/mol. The van der Waals surface area contributed by atoms with Gasteiger partial charge in [0.05, 0.1) is 18.0 Å². The van der Waals surface area contributed by atoms with E-state index in [1.165, 1.54) is 6.20 Å². The Morgan fingerprint density at radius 2 is 2.05 bits per heavy atom. The molecule has 6 nitrogen and oxygen atoms in total. The summed E-state index contributed by atoms with van der Waals surface area (Å²) in [5, 5.41) is 14.6. The molecule has 3 aromatic rings. The predicted octanol–water partition coefficient (Wildman–Crippen LogP) is 2.94. The lowest BCUT2D eigenvalue weighted by Crippen LogP contribution is -2.00. The number of carbonyl (C=O) groups is 1. The first-order chi connectivity index (χ1) is 10.2. The highest BCUT2D eigenvalue weighted by atomic mass is 16.5. The van der Waals surface area contributed by atoms with E-state index in [1.54, 1.807) is 35.3 Å². The Morgan fingerprint density at radius 1 is 1.29 bits per heavy atom. The summed E-state index contributed by atoms with van der Waals surface area (Å²) < 4.78 is 7.46. The molecule has 0 spiro atoms. The summed E-state index contributed by atoms with van der Waals surface area (Å²) in [5.41, 5.74) is 0.155. The maximum absolute atomic E-state index is 11.2. The van der Waals surface area contributed by atoms with Crippen LogP contribution in [0.15, 0.2) is 42.9 Å². The molecule has 6 heteroatoms. The molecule has 21 heavy (non-hydrogen) atoms. The van der Waals surface area contributed by atoms with Crippen molar-refractivity contribution < 1.29 is 14.6 Å². The number of aromatic nitrogens is 3. The quantitative estimate of drug-likeness (QED) is 0.796. The first kappa shape index (κ1) is 13.1. The standard InChI is InChI=1S/C15H13N3O3/c1-2-18-9-10(7-17-18)21-14-12-6-4-3-5-11(12)13(8-16-14)15(19)20/h3-9H,2H2,1H3,(H,19,20). The minimum Gasteiger partial charge on any atom is -0.478 e. The molecule has 0 amide bonds. The zero-order chi connectivity index (χ0) is 14.8. The lowest BCUT2D eigenvalue weighted by atomic mass is 10.1. The van der Waals surface area contributed by atoms with Crippen LogP contribution in [-0.4, -0.2) is 25.8 Å². The Labute approximate surface area is 120 Å². The number of nitrogens with zero attached hydrogens (tertiary/aromatic N) is 3. The molecule has 0 aliphatic carbocycles. The van der Waals surface area contributed by atoms with Crippen LogP contribution in [0.1, 0.15) is 17.3 Å². The van der Waals surface area contributed by atoms with Crippen LogP contribution in [0.3, 0.4) is 0 Å². The summed E-state index contributed by atoms with van der Waals surface area (Å²) in [5.74, 6) is -0.0760. The minimum atomic E-state index is -1.01. The van der Waals surface area contributed by atoms with E-state index >= 15 is 0 Å². The van der Waals surface area contributed by atoms with Gasteiger partial charge in [-0.1, -0.05) is 18.2 Å². The fraction of sp³-hybridized carbons (Fsp3) is 0.133. The second-order valence-corrected chi connectivity index (χ2v) is 4.46. The third-order valence-corrected chi connectivity index (χ3v) is 3.14. The van der Waals surface area contributed by atoms with Crippen LogP contribution in [0.25, 0.3) is 10.8 Å². The van der Waals surface area contributed by atoms with Crippen LogP contribution >= 0.6 is 0 Å². The molecule has 2 aromatic heterocycles. The average molecular weight is 283 g/mol. The van der Waals surface area contributed by atoms with E-state index in [2.05, 4.69) is 10.1 Å². The van der Waals surface area contributed by atoms with E-state index < -0.39 is 5.97 Å². The summed E-state index contributed by atoms with van der Waals surface area (Å²) in [7, 11) is 0. The number of rotatable bonds is 4. The van der Waals surface area contributed by atoms with Gasteiger partial charge < -0.3 is 9.84 Å². The SMILES string of the molecule is CCn1cc(Oc2ncc(C(=O)O)c3ccccc23)cn1. The molecule has 2 heterocycles. The largest absolute Gasteiger partial charge is 0.478 e. The number of aromatic carboxylic acids is 1. The van der Waals surface area contributed by atoms with Crippen molar-refractivity contribution in [2.24, 2.45) is 0 Å². The minimum absolute atomic E-state index is 0.155. The van der Waals surface area contributed by atoms with E-state index in [0.717, 1.165) is 6.54 Å². The average Bonchev–Trinajstić information content (AvgIpc) is 2.95. The molecule has 0 saturated heterocycles. The molecule has 0 atom stereocenters. The van der Waals surface area contributed by atoms with Crippen LogP contribution in [0, 0.1) is 0 Å². The third-order valence-electron chi connectivity index (χ3n) is 3.14. The number of hydrogen-bond donors (Lipinski definition) is 1. The van der Waals surface area contributed by atoms with Gasteiger partial charge in [0.25, 0.3) is 0 Å². The molecule has 1 N–H and O–H groups in total. The maximum atomic E-state index is 11.2. The van der Waals surface area contributed by atoms with Crippen LogP contribution in [0.5, 0.6) is 11.6 Å². The van der Waals surface area contributed by atoms with Gasteiger partial charge >= 0.3 is 5.97 Å². The van der Waals surface area contributed by atoms with Crippen molar-refractivity contribution in [2.45, 2.75) is 13.5 Å². The summed E-state index contributed by atoms with van der Waals surface area (Å²) in [6.45, 7) is 2.72. The molecule has 106 valence electrons. The summed E-state index contributed by atoms with van der Waals surface area (Å²) in [6, 6.07) is 7.13. The number of fused-ring (bicyclic) bond motifs is 1. The van der Waals surface area contributed by atoms with Crippen molar-refractivity contribution in [1.29, 1.82) is 0 Å². The van der Waals surface area contributed by atoms with E-state index in [0.29, 0.717) is 22.4 Å². The number of ether oxygens (including phenoxy) is 1. The Bertz CT molecular complexity index is 811. The Kier molecular flexibility index (Phi) is 3.27. The highest BCUT2D eigenvalue weighted by Crippen LogP contribution is 2.29. The smallest absolute Gasteiger partial charge is 0.337 e. The lowest BCUT2D eigenvalue weighted by Gasteiger charge is -2.08. The second kappa shape index (κ2) is 5.24. The first-order valence-electron chi connectivity index (χ1n) is 6.50. The number of carboxylic acids is 1. The van der Waals surface area contributed by atoms with Crippen molar-refractivity contribution in [2.75, 3.05) is 0 Å². The highest BCUT2D eigenvalue weighted by Gasteiger charge is 2.14. The monoisotopic (exact) mass is 283 g/mol. The van der Waals surface area contributed by atoms with Crippen molar-refractivity contribution >= 4 is 16.7 Å². The topological polar surface area (TPSA) is 77.2 Å². The van der Waals surface area contributed by atoms with Crippen LogP contribution in [-0.2, 0) is 6.54 Å². The third kappa shape index (κ3) is 2.43. The zero-order valence-corrected chi connectivity index (χ0v) is 11.4. The van der Waals surface area contributed by atoms with Gasteiger partial charge in [-0.2, -0.15) is 5.10 Å². The fourth-order valence-corrected chi connectivity index (χ4v) is 2.10. The van der Waals surface area contributed by atoms with Crippen molar-refractivity contribution in [3.8, 4) is 11.6 Å². The molecule has 0 saturated carbocycles. The molecule has 3 rings (SSSR count). The molecule has 0 aliphatic rings. The van der Waals surface area contributed by atoms with Gasteiger partial charge in [0.1, 0.15) is 0 Å². The zero-order valence-electron chi connectivity index (χ0n) is 11.4. The molecule has 0 radical (unpaired) electrons. The number of benzene rings is 1. The molecule has 0 bridgehead atoms. The van der Waals surface area contributed by atoms with E-state index in [4.69, 9.17) is 4.74 Å². The van der Waals surface area contributed by atoms with Crippen LogP contribution in [0.4, 0.5) is 0 Å². The number of hydrogen-bond acceptors (Lipinski definition) is 4. The summed E-state index contributed by atoms with van der Waals surface area (Å²) >= 11 is 0. The molecule has 0 unspecified atom stereocenters. The fourth-order valence-electron chi connectivity index (χ4n) is 2.10. The maximum Gasteiger partial charge on any atom is 0.337 e. The Morgan fingerprint density at radius 3 is 2.71 bits per heavy atom. The molecular formula is C15H13N3O3. The van der Waals surface area contributed by atoms with Gasteiger partial charge in [-0.3, -0.25) is 4.68 Å². The van der Waals surface area contributed by atoms with E-state index in [1.807, 2.05) is 13.0 Å². The molecule has 0 aliphatic heterocycles. The van der Waals surface area contributed by atoms with Gasteiger partial charge in [0.15, 0.2) is 5.75 Å². The number of aryl methyl sites for hydroxylation is 1. The number of carboxylic acid groups (broad SMARTS) is 1. The molecule has 0 fully saturated rings. The summed E-state index contributed by atoms with van der Waals surface area (Å²) in [4.78, 5) is 15.4. The van der Waals surface area contributed by atoms with Crippen LogP contribution < -0.4 is 4.74 Å². The lowest BCUT2D eigenvalue weighted by molar-refractivity contribution is 0.0698. The normalized spacial score (nSPS) is 10.7. The number of pyridine rings is 1. The van der Waals surface area contributed by atoms with Gasteiger partial charge in [-0.25, -0.2) is 9.78 Å². The van der Waals surface area contributed by atoms with Gasteiger partial charge in [0.2, 0.25) is 5.88 Å². The highest BCUT2D eigenvalue weighted by molar-refractivity contribution is 6.04. The molecule has 1 aromatic carbocycles. The van der Waals surface area contributed by atoms with E-state index in [9.17, 15) is 9.90 Å². The van der Waals surface area contributed by atoms with Gasteiger partial charge in [-0.15, -0.1) is 0 Å². The van der Waals surface area contributed by atoms with Gasteiger partial charge in [0, 0.05) is 23.5 Å². The second-order valence-electron chi connectivity index (χ2n) is 4.46. The van der Waals surface area contributed by atoms with E-state index in [-0.39, 0.29) is 5.56 Å². The Balaban J connectivity index is 2.07. The predicted molar refractivity (Wildman–Crippen MR) is 76.7 cm³/mol. The van der Waals surface area contributed by atoms with Gasteiger partial charge in [-0.05, 0) is 13.0 Å². The Hall–Kier alpha value is -2.89. The van der Waals surface area contributed by atoms with Crippen molar-refractivity contribution in [3.63, 3.8) is 0 Å². The summed E-state index contributed by atoms with van der Waals surface area (Å²) in [6.07, 6.45) is 4.68. The van der Waals surface area contributed by atoms with Crippen molar-refractivity contribution in [3.05, 3.63) is 48.4 Å². The first-order valence-corrected chi connectivity index (χ1v) is 6.50. The van der Waals surface area contributed by atoms with Crippen LogP contribution in [0.2, 0.25) is 0 Å². The van der Waals surface area contributed by atoms with Crippen molar-refractivity contribution in [1.82, 2.24) is 14.8 Å².